The van der Waals surface area contributed by atoms with Gasteiger partial charge >= 0.3 is 7.12 Å². The highest BCUT2D eigenvalue weighted by Crippen LogP contribution is 2.38. The molecule has 3 nitrogen and oxygen atoms in total. The van der Waals surface area contributed by atoms with Crippen molar-refractivity contribution in [2.45, 2.75) is 52.4 Å². The van der Waals surface area contributed by atoms with Crippen LogP contribution < -0.4 is 5.46 Å². The first-order valence-corrected chi connectivity index (χ1v) is 10.5. The van der Waals surface area contributed by atoms with Gasteiger partial charge in [-0.1, -0.05) is 84.0 Å². The van der Waals surface area contributed by atoms with Gasteiger partial charge in [0.2, 0.25) is 0 Å². The minimum Gasteiger partial charge on any atom is -0.423 e. The molecule has 4 aromatic rings. The summed E-state index contributed by atoms with van der Waals surface area (Å²) in [6, 6.07) is 21.1. The molecule has 0 aliphatic carbocycles. The number of rotatable bonds is 2. The maximum absolute atomic E-state index is 10.2. The summed E-state index contributed by atoms with van der Waals surface area (Å²) in [4.78, 5) is 0. The van der Waals surface area contributed by atoms with Crippen molar-refractivity contribution >= 4 is 34.4 Å². The van der Waals surface area contributed by atoms with E-state index in [1.165, 1.54) is 10.8 Å². The summed E-state index contributed by atoms with van der Waals surface area (Å²) in [6.45, 7) is 12.8. The van der Waals surface area contributed by atoms with E-state index in [0.29, 0.717) is 5.46 Å². The summed E-state index contributed by atoms with van der Waals surface area (Å²) in [5, 5.41) is 22.8. The van der Waals surface area contributed by atoms with Crippen LogP contribution >= 0.6 is 0 Å². The summed E-state index contributed by atoms with van der Waals surface area (Å²) in [7, 11) is -1.51. The Morgan fingerprint density at radius 1 is 0.667 bits per heavy atom. The van der Waals surface area contributed by atoms with Crippen molar-refractivity contribution < 1.29 is 10.0 Å². The lowest BCUT2D eigenvalue weighted by atomic mass is 9.67. The van der Waals surface area contributed by atoms with Gasteiger partial charge in [-0.2, -0.15) is 0 Å². The number of fused-ring (bicyclic) bond motifs is 3. The van der Waals surface area contributed by atoms with Crippen molar-refractivity contribution in [3.05, 3.63) is 71.8 Å². The summed E-state index contributed by atoms with van der Waals surface area (Å²) >= 11 is 0. The molecule has 3 aromatic carbocycles. The largest absolute Gasteiger partial charge is 0.488 e. The predicted molar refractivity (Wildman–Crippen MR) is 128 cm³/mol. The highest BCUT2D eigenvalue weighted by atomic mass is 16.4. The molecule has 4 rings (SSSR count). The second-order valence-electron chi connectivity index (χ2n) is 10.2. The van der Waals surface area contributed by atoms with Crippen LogP contribution in [0.15, 0.2) is 60.7 Å². The molecule has 0 aliphatic rings. The maximum Gasteiger partial charge on any atom is 0.488 e. The quantitative estimate of drug-likeness (QED) is 0.463. The van der Waals surface area contributed by atoms with Gasteiger partial charge in [-0.3, -0.25) is 0 Å². The van der Waals surface area contributed by atoms with Crippen molar-refractivity contribution in [3.63, 3.8) is 0 Å². The van der Waals surface area contributed by atoms with Gasteiger partial charge in [-0.15, -0.1) is 0 Å². The first kappa shape index (κ1) is 20.7. The molecule has 0 bridgehead atoms. The molecule has 1 aromatic heterocycles. The average Bonchev–Trinajstić information content (AvgIpc) is 3.00. The van der Waals surface area contributed by atoms with E-state index in [9.17, 15) is 10.0 Å². The lowest BCUT2D eigenvalue weighted by molar-refractivity contribution is 0.423. The Bertz CT molecular complexity index is 1190. The average molecular weight is 399 g/mol. The molecule has 2 N–H and O–H groups in total. The summed E-state index contributed by atoms with van der Waals surface area (Å²) in [6.07, 6.45) is 0. The molecule has 0 aliphatic heterocycles. The molecule has 0 saturated carbocycles. The highest BCUT2D eigenvalue weighted by Gasteiger charge is 2.30. The number of hydrogen-bond acceptors (Lipinski definition) is 2. The molecule has 154 valence electrons. The Hall–Kier alpha value is -2.56. The van der Waals surface area contributed by atoms with Crippen molar-refractivity contribution in [1.29, 1.82) is 0 Å². The predicted octanol–water partition coefficient (Wildman–Crippen LogP) is 5.06. The van der Waals surface area contributed by atoms with Crippen LogP contribution in [-0.2, 0) is 10.8 Å². The van der Waals surface area contributed by atoms with Gasteiger partial charge < -0.3 is 14.6 Å². The number of aromatic nitrogens is 1. The van der Waals surface area contributed by atoms with Gasteiger partial charge in [-0.05, 0) is 45.6 Å². The monoisotopic (exact) mass is 399 g/mol. The fourth-order valence-corrected chi connectivity index (χ4v) is 4.44. The van der Waals surface area contributed by atoms with Crippen LogP contribution in [0.25, 0.3) is 27.5 Å². The van der Waals surface area contributed by atoms with Crippen LogP contribution in [0, 0.1) is 0 Å². The summed E-state index contributed by atoms with van der Waals surface area (Å²) in [5.41, 5.74) is 5.60. The lowest BCUT2D eigenvalue weighted by Gasteiger charge is -2.30. The first-order valence-electron chi connectivity index (χ1n) is 10.5. The van der Waals surface area contributed by atoms with E-state index in [1.54, 1.807) is 0 Å². The number of hydrogen-bond donors (Lipinski definition) is 2. The van der Waals surface area contributed by atoms with Crippen LogP contribution in [0.1, 0.15) is 52.7 Å². The van der Waals surface area contributed by atoms with E-state index >= 15 is 0 Å². The van der Waals surface area contributed by atoms with Crippen LogP contribution in [0.2, 0.25) is 0 Å². The Labute approximate surface area is 179 Å². The minimum atomic E-state index is -1.51. The molecule has 0 amide bonds. The first-order chi connectivity index (χ1) is 14.0. The fourth-order valence-electron chi connectivity index (χ4n) is 4.44. The minimum absolute atomic E-state index is 0.179. The van der Waals surface area contributed by atoms with Crippen molar-refractivity contribution in [2.75, 3.05) is 0 Å². The van der Waals surface area contributed by atoms with E-state index in [-0.39, 0.29) is 10.8 Å². The van der Waals surface area contributed by atoms with Crippen LogP contribution in [0.4, 0.5) is 0 Å². The molecule has 0 unspecified atom stereocenters. The van der Waals surface area contributed by atoms with Crippen molar-refractivity contribution in [3.8, 4) is 5.69 Å². The molecule has 0 saturated heterocycles. The molecule has 0 spiro atoms. The molecule has 0 radical (unpaired) electrons. The topological polar surface area (TPSA) is 45.4 Å². The van der Waals surface area contributed by atoms with E-state index in [0.717, 1.165) is 27.8 Å². The molecular formula is C26H30BNO2. The summed E-state index contributed by atoms with van der Waals surface area (Å²) < 4.78 is 2.33. The number of nitrogens with zero attached hydrogens (tertiary/aromatic N) is 1. The second kappa shape index (κ2) is 7.00. The van der Waals surface area contributed by atoms with E-state index in [1.807, 2.05) is 6.07 Å². The molecule has 1 heterocycles. The molecular weight excluding hydrogens is 369 g/mol. The zero-order chi connectivity index (χ0) is 21.8. The Kier molecular flexibility index (Phi) is 4.83. The Morgan fingerprint density at radius 2 is 1.13 bits per heavy atom. The van der Waals surface area contributed by atoms with Crippen molar-refractivity contribution in [2.24, 2.45) is 0 Å². The Morgan fingerprint density at radius 3 is 1.57 bits per heavy atom. The van der Waals surface area contributed by atoms with Gasteiger partial charge in [-0.25, -0.2) is 0 Å². The SMILES string of the molecule is CC(C)(C)c1cc(-n2c3ccccc3c3ccccc32)c(C(C)(C)C)cc1B(O)O. The van der Waals surface area contributed by atoms with Crippen LogP contribution in [0.5, 0.6) is 0 Å². The van der Waals surface area contributed by atoms with Gasteiger partial charge in [0, 0.05) is 10.8 Å². The third kappa shape index (κ3) is 3.34. The molecule has 0 fully saturated rings. The Balaban J connectivity index is 2.21. The maximum atomic E-state index is 10.2. The number of para-hydroxylation sites is 2. The van der Waals surface area contributed by atoms with Gasteiger partial charge in [0.1, 0.15) is 0 Å². The molecule has 0 atom stereocenters. The second-order valence-corrected chi connectivity index (χ2v) is 10.2. The zero-order valence-electron chi connectivity index (χ0n) is 18.7. The van der Waals surface area contributed by atoms with Gasteiger partial charge in [0.05, 0.1) is 16.7 Å². The zero-order valence-corrected chi connectivity index (χ0v) is 18.7. The van der Waals surface area contributed by atoms with Gasteiger partial charge in [0.25, 0.3) is 0 Å². The standard InChI is InChI=1S/C26H30BNO2/c1-25(2,3)19-16-24(20(26(4,5)6)15-21(19)27(29)30)28-22-13-9-7-11-17(22)18-12-8-10-14-23(18)28/h7-16,29-30H,1-6H3. The number of benzene rings is 3. The van der Waals surface area contributed by atoms with Crippen LogP contribution in [-0.4, -0.2) is 21.7 Å². The third-order valence-electron chi connectivity index (χ3n) is 5.88. The summed E-state index contributed by atoms with van der Waals surface area (Å²) in [5.74, 6) is 0. The smallest absolute Gasteiger partial charge is 0.423 e. The van der Waals surface area contributed by atoms with E-state index in [4.69, 9.17) is 0 Å². The third-order valence-corrected chi connectivity index (χ3v) is 5.88. The normalized spacial score (nSPS) is 12.7. The lowest BCUT2D eigenvalue weighted by Crippen LogP contribution is -2.38. The fraction of sp³-hybridized carbons (Fsp3) is 0.308. The van der Waals surface area contributed by atoms with E-state index < -0.39 is 7.12 Å². The van der Waals surface area contributed by atoms with Crippen LogP contribution in [0.3, 0.4) is 0 Å². The van der Waals surface area contributed by atoms with Crippen molar-refractivity contribution in [1.82, 2.24) is 4.57 Å². The highest BCUT2D eigenvalue weighted by molar-refractivity contribution is 6.59. The molecule has 4 heteroatoms. The molecule has 30 heavy (non-hydrogen) atoms. The van der Waals surface area contributed by atoms with Gasteiger partial charge in [0.15, 0.2) is 0 Å². The van der Waals surface area contributed by atoms with E-state index in [2.05, 4.69) is 101 Å².